The molecular weight excluding hydrogens is 386 g/mol. The second kappa shape index (κ2) is 7.20. The highest BCUT2D eigenvalue weighted by molar-refractivity contribution is 14.1. The van der Waals surface area contributed by atoms with Crippen LogP contribution in [0.15, 0.2) is 91.0 Å². The van der Waals surface area contributed by atoms with Gasteiger partial charge in [-0.2, -0.15) is 9.90 Å². The molecule has 0 amide bonds. The summed E-state index contributed by atoms with van der Waals surface area (Å²) in [5.74, 6) is 0. The molecule has 3 rings (SSSR count). The van der Waals surface area contributed by atoms with Crippen LogP contribution in [0.1, 0.15) is 16.7 Å². The summed E-state index contributed by atoms with van der Waals surface area (Å²) in [6, 6.07) is 32.0. The Kier molecular flexibility index (Phi) is 5.55. The van der Waals surface area contributed by atoms with Crippen LogP contribution in [0, 0.1) is 0 Å². The summed E-state index contributed by atoms with van der Waals surface area (Å²) in [7, 11) is 0. The molecule has 0 nitrogen and oxygen atoms in total. The van der Waals surface area contributed by atoms with Crippen molar-refractivity contribution in [2.24, 2.45) is 0 Å². The van der Waals surface area contributed by atoms with Crippen LogP contribution in [-0.4, -0.2) is 0 Å². The standard InChI is InChI=1S/C19H15I.H3P/c20-19(16-10-4-1-5-11-16,17-12-6-2-7-13-17)18-14-8-3-9-15-18;/h1-15H;1H3. The fraction of sp³-hybridized carbons (Fsp3) is 0.0526. The van der Waals surface area contributed by atoms with Crippen LogP contribution in [0.2, 0.25) is 0 Å². The monoisotopic (exact) mass is 404 g/mol. The first kappa shape index (κ1) is 16.2. The van der Waals surface area contributed by atoms with Crippen LogP contribution in [0.25, 0.3) is 0 Å². The van der Waals surface area contributed by atoms with Crippen molar-refractivity contribution >= 4 is 32.5 Å². The molecule has 0 saturated carbocycles. The van der Waals surface area contributed by atoms with Gasteiger partial charge in [0.2, 0.25) is 0 Å². The molecule has 0 aromatic heterocycles. The van der Waals surface area contributed by atoms with E-state index in [4.69, 9.17) is 0 Å². The van der Waals surface area contributed by atoms with Crippen LogP contribution in [0.3, 0.4) is 0 Å². The predicted octanol–water partition coefficient (Wildman–Crippen LogP) is 5.47. The van der Waals surface area contributed by atoms with Gasteiger partial charge in [-0.25, -0.2) is 0 Å². The van der Waals surface area contributed by atoms with E-state index in [2.05, 4.69) is 114 Å². The first-order valence-corrected chi connectivity index (χ1v) is 7.75. The highest BCUT2D eigenvalue weighted by Gasteiger charge is 2.32. The Bertz CT molecular complexity index is 569. The fourth-order valence-electron chi connectivity index (χ4n) is 2.50. The minimum Gasteiger partial charge on any atom is -0.153 e. The van der Waals surface area contributed by atoms with Gasteiger partial charge in [0.15, 0.2) is 0 Å². The molecule has 1 atom stereocenters. The lowest BCUT2D eigenvalue weighted by Gasteiger charge is -2.29. The predicted molar refractivity (Wildman–Crippen MR) is 104 cm³/mol. The van der Waals surface area contributed by atoms with E-state index in [0.29, 0.717) is 0 Å². The zero-order valence-electron chi connectivity index (χ0n) is 11.7. The molecule has 106 valence electrons. The SMILES string of the molecule is IC(c1ccccc1)(c1ccccc1)c1ccccc1.P. The maximum atomic E-state index is 2.57. The lowest BCUT2D eigenvalue weighted by atomic mass is 9.85. The van der Waals surface area contributed by atoms with E-state index in [0.717, 1.165) is 0 Å². The molecule has 3 aromatic rings. The minimum absolute atomic E-state index is 0. The lowest BCUT2D eigenvalue weighted by Crippen LogP contribution is -2.21. The van der Waals surface area contributed by atoms with Crippen molar-refractivity contribution in [2.75, 3.05) is 0 Å². The smallest absolute Gasteiger partial charge is 0.0968 e. The molecule has 0 radical (unpaired) electrons. The summed E-state index contributed by atoms with van der Waals surface area (Å²) in [4.78, 5) is 0. The molecule has 0 heterocycles. The van der Waals surface area contributed by atoms with E-state index >= 15 is 0 Å². The molecule has 2 heteroatoms. The topological polar surface area (TPSA) is 0 Å². The summed E-state index contributed by atoms with van der Waals surface area (Å²) in [5, 5.41) is 0. The summed E-state index contributed by atoms with van der Waals surface area (Å²) in [6.07, 6.45) is 0. The third-order valence-electron chi connectivity index (χ3n) is 3.51. The largest absolute Gasteiger partial charge is 0.153 e. The molecule has 0 aliphatic rings. The Labute approximate surface area is 143 Å². The van der Waals surface area contributed by atoms with E-state index in [1.807, 2.05) is 0 Å². The molecule has 0 aliphatic heterocycles. The Hall–Kier alpha value is -1.18. The second-order valence-corrected chi connectivity index (χ2v) is 6.37. The Morgan fingerprint density at radius 3 is 0.952 bits per heavy atom. The molecule has 3 aromatic carbocycles. The number of rotatable bonds is 3. The first-order valence-electron chi connectivity index (χ1n) is 6.67. The molecule has 0 fully saturated rings. The average Bonchev–Trinajstić information content (AvgIpc) is 2.56. The zero-order chi connectivity index (χ0) is 13.8. The number of alkyl halides is 1. The van der Waals surface area contributed by atoms with Gasteiger partial charge in [-0.05, 0) is 16.7 Å². The van der Waals surface area contributed by atoms with Gasteiger partial charge in [-0.1, -0.05) is 114 Å². The molecule has 1 unspecified atom stereocenters. The summed E-state index contributed by atoms with van der Waals surface area (Å²) in [5.41, 5.74) is 3.91. The number of hydrogen-bond acceptors (Lipinski definition) is 0. The van der Waals surface area contributed by atoms with Crippen molar-refractivity contribution in [2.45, 2.75) is 3.42 Å². The summed E-state index contributed by atoms with van der Waals surface area (Å²) in [6.45, 7) is 0. The van der Waals surface area contributed by atoms with E-state index in [9.17, 15) is 0 Å². The van der Waals surface area contributed by atoms with Crippen molar-refractivity contribution in [3.05, 3.63) is 108 Å². The van der Waals surface area contributed by atoms with Crippen LogP contribution in [0.4, 0.5) is 0 Å². The van der Waals surface area contributed by atoms with Gasteiger partial charge in [0.1, 0.15) is 0 Å². The van der Waals surface area contributed by atoms with Gasteiger partial charge < -0.3 is 0 Å². The van der Waals surface area contributed by atoms with Gasteiger partial charge in [0, 0.05) is 0 Å². The fourth-order valence-corrected chi connectivity index (χ4v) is 3.58. The maximum absolute atomic E-state index is 2.57. The third kappa shape index (κ3) is 3.20. The normalized spacial score (nSPS) is 10.7. The van der Waals surface area contributed by atoms with Gasteiger partial charge in [-0.3, -0.25) is 0 Å². The first-order chi connectivity index (χ1) is 9.82. The molecule has 0 N–H and O–H groups in total. The highest BCUT2D eigenvalue weighted by atomic mass is 127. The Morgan fingerprint density at radius 2 is 0.714 bits per heavy atom. The van der Waals surface area contributed by atoms with E-state index in [1.165, 1.54) is 16.7 Å². The molecule has 0 saturated heterocycles. The lowest BCUT2D eigenvalue weighted by molar-refractivity contribution is 0.940. The minimum atomic E-state index is -0.151. The molecule has 0 bridgehead atoms. The quantitative estimate of drug-likeness (QED) is 0.235. The number of halogens is 1. The van der Waals surface area contributed by atoms with Crippen molar-refractivity contribution in [3.63, 3.8) is 0 Å². The Balaban J connectivity index is 0.00000161. The van der Waals surface area contributed by atoms with Crippen molar-refractivity contribution in [1.29, 1.82) is 0 Å². The maximum Gasteiger partial charge on any atom is 0.0968 e. The van der Waals surface area contributed by atoms with Crippen LogP contribution in [0.5, 0.6) is 0 Å². The highest BCUT2D eigenvalue weighted by Crippen LogP contribution is 2.44. The van der Waals surface area contributed by atoms with Crippen LogP contribution in [-0.2, 0) is 3.42 Å². The molecule has 0 aliphatic carbocycles. The third-order valence-corrected chi connectivity index (χ3v) is 5.38. The van der Waals surface area contributed by atoms with Crippen molar-refractivity contribution in [1.82, 2.24) is 0 Å². The van der Waals surface area contributed by atoms with Gasteiger partial charge in [0.05, 0.1) is 3.42 Å². The van der Waals surface area contributed by atoms with Crippen LogP contribution < -0.4 is 0 Å². The second-order valence-electron chi connectivity index (χ2n) is 4.76. The summed E-state index contributed by atoms with van der Waals surface area (Å²) < 4.78 is -0.151. The van der Waals surface area contributed by atoms with E-state index < -0.39 is 0 Å². The van der Waals surface area contributed by atoms with Crippen molar-refractivity contribution < 1.29 is 0 Å². The number of hydrogen-bond donors (Lipinski definition) is 0. The molecule has 21 heavy (non-hydrogen) atoms. The van der Waals surface area contributed by atoms with Gasteiger partial charge in [-0.15, -0.1) is 0 Å². The summed E-state index contributed by atoms with van der Waals surface area (Å²) >= 11 is 2.57. The van der Waals surface area contributed by atoms with Gasteiger partial charge in [0.25, 0.3) is 0 Å². The van der Waals surface area contributed by atoms with E-state index in [1.54, 1.807) is 0 Å². The molecular formula is C19H18IP. The van der Waals surface area contributed by atoms with Gasteiger partial charge >= 0.3 is 0 Å². The molecule has 0 spiro atoms. The zero-order valence-corrected chi connectivity index (χ0v) is 15.3. The van der Waals surface area contributed by atoms with E-state index in [-0.39, 0.29) is 13.3 Å². The van der Waals surface area contributed by atoms with Crippen LogP contribution >= 0.6 is 32.5 Å². The van der Waals surface area contributed by atoms with Crippen molar-refractivity contribution in [3.8, 4) is 0 Å². The number of benzene rings is 3. The Morgan fingerprint density at radius 1 is 0.476 bits per heavy atom. The average molecular weight is 404 g/mol.